The molecule has 2 aliphatic heterocycles. The van der Waals surface area contributed by atoms with Crippen molar-refractivity contribution in [2.45, 2.75) is 40.2 Å². The molecule has 0 spiro atoms. The Morgan fingerprint density at radius 2 is 1.79 bits per heavy atom. The average Bonchev–Trinajstić information content (AvgIpc) is 3.01. The van der Waals surface area contributed by atoms with Crippen molar-refractivity contribution < 1.29 is 9.21 Å². The number of hydrogen-bond donors (Lipinski definition) is 1. The number of aryl methyl sites for hydroxylation is 2. The van der Waals surface area contributed by atoms with E-state index in [1.165, 1.54) is 12.8 Å². The number of nitrogens with one attached hydrogen (secondary N) is 1. The zero-order valence-corrected chi connectivity index (χ0v) is 17.7. The standard InChI is InChI=1S/C20H34N6O2/c1-15-16(2)28-19(23-15)14-24-7-5-18(6-8-24)13-22-20(21-4)26-11-9-25(10-12-26)17(3)27/h18H,5-14H2,1-4H3,(H,21,22). The summed E-state index contributed by atoms with van der Waals surface area (Å²) in [6.07, 6.45) is 2.33. The van der Waals surface area contributed by atoms with E-state index in [2.05, 4.69) is 25.1 Å². The monoisotopic (exact) mass is 390 g/mol. The number of oxazole rings is 1. The summed E-state index contributed by atoms with van der Waals surface area (Å²) in [6, 6.07) is 0. The van der Waals surface area contributed by atoms with Crippen LogP contribution in [0.2, 0.25) is 0 Å². The first-order valence-electron chi connectivity index (χ1n) is 10.3. The zero-order chi connectivity index (χ0) is 20.1. The van der Waals surface area contributed by atoms with Gasteiger partial charge in [0.05, 0.1) is 12.2 Å². The lowest BCUT2D eigenvalue weighted by atomic mass is 9.97. The van der Waals surface area contributed by atoms with E-state index in [4.69, 9.17) is 4.42 Å². The normalized spacial score (nSPS) is 19.9. The number of piperidine rings is 1. The molecule has 0 aromatic carbocycles. The van der Waals surface area contributed by atoms with Crippen LogP contribution in [0, 0.1) is 19.8 Å². The van der Waals surface area contributed by atoms with Gasteiger partial charge < -0.3 is 19.5 Å². The minimum atomic E-state index is 0.157. The minimum absolute atomic E-state index is 0.157. The molecule has 1 amide bonds. The van der Waals surface area contributed by atoms with Crippen molar-refractivity contribution in [1.29, 1.82) is 0 Å². The first-order chi connectivity index (χ1) is 13.5. The molecule has 3 rings (SSSR count). The van der Waals surface area contributed by atoms with E-state index < -0.39 is 0 Å². The highest BCUT2D eigenvalue weighted by molar-refractivity contribution is 5.80. The lowest BCUT2D eigenvalue weighted by molar-refractivity contribution is -0.130. The molecule has 1 aromatic heterocycles. The molecular weight excluding hydrogens is 356 g/mol. The first kappa shape index (κ1) is 20.6. The van der Waals surface area contributed by atoms with Crippen LogP contribution in [-0.4, -0.2) is 84.4 Å². The number of carbonyl (C=O) groups excluding carboxylic acids is 1. The molecule has 2 fully saturated rings. The Balaban J connectivity index is 1.39. The number of carbonyl (C=O) groups is 1. The average molecular weight is 391 g/mol. The molecule has 0 unspecified atom stereocenters. The molecule has 0 radical (unpaired) electrons. The Labute approximate surface area is 168 Å². The van der Waals surface area contributed by atoms with Gasteiger partial charge in [0, 0.05) is 46.7 Å². The summed E-state index contributed by atoms with van der Waals surface area (Å²) >= 11 is 0. The molecule has 156 valence electrons. The van der Waals surface area contributed by atoms with Gasteiger partial charge in [-0.2, -0.15) is 0 Å². The molecule has 2 aliphatic rings. The van der Waals surface area contributed by atoms with Crippen molar-refractivity contribution in [2.24, 2.45) is 10.9 Å². The second kappa shape index (κ2) is 9.41. The molecule has 2 saturated heterocycles. The van der Waals surface area contributed by atoms with Crippen LogP contribution in [0.3, 0.4) is 0 Å². The fraction of sp³-hybridized carbons (Fsp3) is 0.750. The van der Waals surface area contributed by atoms with E-state index in [1.54, 1.807) is 6.92 Å². The van der Waals surface area contributed by atoms with Gasteiger partial charge in [0.2, 0.25) is 11.8 Å². The van der Waals surface area contributed by atoms with Gasteiger partial charge in [0.1, 0.15) is 5.76 Å². The summed E-state index contributed by atoms with van der Waals surface area (Å²) in [5, 5.41) is 3.55. The van der Waals surface area contributed by atoms with Crippen molar-refractivity contribution in [3.05, 3.63) is 17.3 Å². The number of guanidine groups is 1. The summed E-state index contributed by atoms with van der Waals surface area (Å²) in [6.45, 7) is 12.7. The number of hydrogen-bond acceptors (Lipinski definition) is 5. The molecular formula is C20H34N6O2. The maximum absolute atomic E-state index is 11.5. The summed E-state index contributed by atoms with van der Waals surface area (Å²) in [7, 11) is 1.84. The van der Waals surface area contributed by atoms with Gasteiger partial charge >= 0.3 is 0 Å². The van der Waals surface area contributed by atoms with Crippen molar-refractivity contribution in [3.8, 4) is 0 Å². The Kier molecular flexibility index (Phi) is 6.93. The van der Waals surface area contributed by atoms with Gasteiger partial charge in [0.25, 0.3) is 0 Å². The van der Waals surface area contributed by atoms with Crippen molar-refractivity contribution in [3.63, 3.8) is 0 Å². The third-order valence-corrected chi connectivity index (χ3v) is 5.92. The van der Waals surface area contributed by atoms with Crippen molar-refractivity contribution >= 4 is 11.9 Å². The van der Waals surface area contributed by atoms with Crippen LogP contribution in [-0.2, 0) is 11.3 Å². The molecule has 1 aromatic rings. The van der Waals surface area contributed by atoms with Crippen LogP contribution >= 0.6 is 0 Å². The maximum Gasteiger partial charge on any atom is 0.219 e. The Hall–Kier alpha value is -2.09. The van der Waals surface area contributed by atoms with E-state index in [0.29, 0.717) is 5.92 Å². The molecule has 1 N–H and O–H groups in total. The lowest BCUT2D eigenvalue weighted by Crippen LogP contribution is -2.54. The van der Waals surface area contributed by atoms with E-state index >= 15 is 0 Å². The van der Waals surface area contributed by atoms with Crippen molar-refractivity contribution in [2.75, 3.05) is 52.9 Å². The highest BCUT2D eigenvalue weighted by atomic mass is 16.4. The number of aliphatic imine (C=N–C) groups is 1. The summed E-state index contributed by atoms with van der Waals surface area (Å²) < 4.78 is 5.72. The smallest absolute Gasteiger partial charge is 0.219 e. The Morgan fingerprint density at radius 1 is 1.14 bits per heavy atom. The summed E-state index contributed by atoms with van der Waals surface area (Å²) in [4.78, 5) is 27.0. The SMILES string of the molecule is CN=C(NCC1CCN(Cc2nc(C)c(C)o2)CC1)N1CCN(C(C)=O)CC1. The predicted molar refractivity (Wildman–Crippen MR) is 109 cm³/mol. The second-order valence-corrected chi connectivity index (χ2v) is 7.89. The number of aromatic nitrogens is 1. The van der Waals surface area contributed by atoms with Crippen LogP contribution in [0.15, 0.2) is 9.41 Å². The Morgan fingerprint density at radius 3 is 2.32 bits per heavy atom. The van der Waals surface area contributed by atoms with E-state index in [1.807, 2.05) is 25.8 Å². The fourth-order valence-electron chi connectivity index (χ4n) is 3.95. The number of amides is 1. The predicted octanol–water partition coefficient (Wildman–Crippen LogP) is 1.24. The largest absolute Gasteiger partial charge is 0.444 e. The van der Waals surface area contributed by atoms with Crippen molar-refractivity contribution in [1.82, 2.24) is 25.0 Å². The quantitative estimate of drug-likeness (QED) is 0.616. The second-order valence-electron chi connectivity index (χ2n) is 7.89. The molecule has 8 nitrogen and oxygen atoms in total. The third kappa shape index (κ3) is 5.25. The first-order valence-corrected chi connectivity index (χ1v) is 10.3. The summed E-state index contributed by atoms with van der Waals surface area (Å²) in [5.41, 5.74) is 0.990. The van der Waals surface area contributed by atoms with Gasteiger partial charge in [-0.15, -0.1) is 0 Å². The van der Waals surface area contributed by atoms with Crippen LogP contribution in [0.4, 0.5) is 0 Å². The fourth-order valence-corrected chi connectivity index (χ4v) is 3.95. The van der Waals surface area contributed by atoms with Crippen LogP contribution < -0.4 is 5.32 Å². The summed E-state index contributed by atoms with van der Waals surface area (Å²) in [5.74, 6) is 3.52. The van der Waals surface area contributed by atoms with E-state index in [0.717, 1.165) is 75.7 Å². The topological polar surface area (TPSA) is 77.2 Å². The van der Waals surface area contributed by atoms with E-state index in [9.17, 15) is 4.79 Å². The lowest BCUT2D eigenvalue weighted by Gasteiger charge is -2.37. The molecule has 0 saturated carbocycles. The highest BCUT2D eigenvalue weighted by Gasteiger charge is 2.24. The van der Waals surface area contributed by atoms with Gasteiger partial charge in [-0.1, -0.05) is 0 Å². The zero-order valence-electron chi connectivity index (χ0n) is 17.7. The third-order valence-electron chi connectivity index (χ3n) is 5.92. The van der Waals surface area contributed by atoms with Gasteiger partial charge in [-0.25, -0.2) is 4.98 Å². The number of piperazine rings is 1. The van der Waals surface area contributed by atoms with Gasteiger partial charge in [-0.05, 0) is 45.7 Å². The molecule has 0 bridgehead atoms. The number of rotatable bonds is 4. The number of likely N-dealkylation sites (tertiary alicyclic amines) is 1. The highest BCUT2D eigenvalue weighted by Crippen LogP contribution is 2.19. The molecule has 28 heavy (non-hydrogen) atoms. The molecule has 3 heterocycles. The number of nitrogens with zero attached hydrogens (tertiary/aromatic N) is 5. The molecule has 8 heteroatoms. The maximum atomic E-state index is 11.5. The molecule has 0 atom stereocenters. The Bertz CT molecular complexity index is 665. The van der Waals surface area contributed by atoms with E-state index in [-0.39, 0.29) is 5.91 Å². The minimum Gasteiger partial charge on any atom is -0.444 e. The van der Waals surface area contributed by atoms with Crippen LogP contribution in [0.5, 0.6) is 0 Å². The van der Waals surface area contributed by atoms with Crippen LogP contribution in [0.25, 0.3) is 0 Å². The van der Waals surface area contributed by atoms with Gasteiger partial charge in [0.15, 0.2) is 5.96 Å². The molecule has 0 aliphatic carbocycles. The van der Waals surface area contributed by atoms with Crippen LogP contribution in [0.1, 0.15) is 37.1 Å². The van der Waals surface area contributed by atoms with Gasteiger partial charge in [-0.3, -0.25) is 14.7 Å².